The predicted octanol–water partition coefficient (Wildman–Crippen LogP) is 3.30. The van der Waals surface area contributed by atoms with Crippen LogP contribution in [0.4, 0.5) is 0 Å². The Hall–Kier alpha value is -2.54. The molecule has 0 saturated carbocycles. The number of hydrogen-bond acceptors (Lipinski definition) is 5. The van der Waals surface area contributed by atoms with Crippen LogP contribution in [0.2, 0.25) is 0 Å². The van der Waals surface area contributed by atoms with Crippen molar-refractivity contribution < 1.29 is 9.90 Å². The third kappa shape index (κ3) is 3.39. The number of aryl methyl sites for hydroxylation is 4. The van der Waals surface area contributed by atoms with Crippen LogP contribution in [0.1, 0.15) is 46.9 Å². The number of hydrogen-bond donors (Lipinski definition) is 1. The average molecular weight is 383 g/mol. The first kappa shape index (κ1) is 17.9. The lowest BCUT2D eigenvalue weighted by Crippen LogP contribution is -2.33. The van der Waals surface area contributed by atoms with E-state index >= 15 is 0 Å². The molecule has 0 spiro atoms. The van der Waals surface area contributed by atoms with Crippen LogP contribution in [0.15, 0.2) is 29.1 Å². The molecule has 3 aromatic rings. The van der Waals surface area contributed by atoms with Crippen LogP contribution in [0.5, 0.6) is 0 Å². The summed E-state index contributed by atoms with van der Waals surface area (Å²) in [5, 5.41) is 18.5. The van der Waals surface area contributed by atoms with E-state index in [1.807, 2.05) is 31.2 Å². The zero-order chi connectivity index (χ0) is 19.0. The molecule has 7 heteroatoms. The summed E-state index contributed by atoms with van der Waals surface area (Å²) in [5.74, 6) is -1.05. The summed E-state index contributed by atoms with van der Waals surface area (Å²) in [7, 11) is 0. The molecule has 4 rings (SSSR count). The van der Waals surface area contributed by atoms with Crippen molar-refractivity contribution in [2.45, 2.75) is 51.5 Å². The number of rotatable bonds is 5. The second kappa shape index (κ2) is 7.23. The highest BCUT2D eigenvalue weighted by molar-refractivity contribution is 7.18. The van der Waals surface area contributed by atoms with Crippen LogP contribution in [0.25, 0.3) is 10.2 Å². The van der Waals surface area contributed by atoms with Gasteiger partial charge in [-0.2, -0.15) is 4.68 Å². The Labute approximate surface area is 160 Å². The fourth-order valence-electron chi connectivity index (χ4n) is 3.70. The lowest BCUT2D eigenvalue weighted by molar-refractivity contribution is -0.141. The number of fused-ring (bicyclic) bond motifs is 3. The van der Waals surface area contributed by atoms with Gasteiger partial charge in [-0.3, -0.25) is 4.79 Å². The van der Waals surface area contributed by atoms with Crippen molar-refractivity contribution in [2.24, 2.45) is 0 Å². The second-order valence-electron chi connectivity index (χ2n) is 7.11. The minimum Gasteiger partial charge on any atom is -0.480 e. The molecule has 0 amide bonds. The molecule has 1 N–H and O–H groups in total. The number of carboxylic acids is 1. The van der Waals surface area contributed by atoms with Crippen molar-refractivity contribution in [3.63, 3.8) is 0 Å². The molecular formula is C20H21N3O3S. The van der Waals surface area contributed by atoms with E-state index in [0.29, 0.717) is 23.1 Å². The molecule has 1 aliphatic carbocycles. The van der Waals surface area contributed by atoms with Gasteiger partial charge in [-0.25, -0.2) is 4.79 Å². The summed E-state index contributed by atoms with van der Waals surface area (Å²) < 4.78 is 1.07. The molecular weight excluding hydrogens is 362 g/mol. The molecule has 1 unspecified atom stereocenters. The Balaban J connectivity index is 1.69. The van der Waals surface area contributed by atoms with Crippen molar-refractivity contribution in [2.75, 3.05) is 0 Å². The van der Waals surface area contributed by atoms with Gasteiger partial charge in [0.05, 0.1) is 5.39 Å². The third-order valence-corrected chi connectivity index (χ3v) is 6.39. The largest absolute Gasteiger partial charge is 0.480 e. The minimum atomic E-state index is -1.05. The Bertz CT molecular complexity index is 1050. The summed E-state index contributed by atoms with van der Waals surface area (Å²) in [6.45, 7) is 2.01. The quantitative estimate of drug-likeness (QED) is 0.731. The molecule has 1 atom stereocenters. The topological polar surface area (TPSA) is 85.1 Å². The number of nitrogens with zero attached hydrogens (tertiary/aromatic N) is 3. The zero-order valence-corrected chi connectivity index (χ0v) is 16.0. The molecule has 0 fully saturated rings. The van der Waals surface area contributed by atoms with Gasteiger partial charge in [0.1, 0.15) is 0 Å². The van der Waals surface area contributed by atoms with Crippen LogP contribution >= 0.6 is 11.3 Å². The number of carbonyl (C=O) groups is 1. The van der Waals surface area contributed by atoms with Crippen LogP contribution in [-0.2, 0) is 24.1 Å². The first-order valence-electron chi connectivity index (χ1n) is 9.22. The van der Waals surface area contributed by atoms with E-state index in [4.69, 9.17) is 0 Å². The van der Waals surface area contributed by atoms with Crippen LogP contribution in [-0.4, -0.2) is 26.1 Å². The van der Waals surface area contributed by atoms with Crippen molar-refractivity contribution >= 4 is 27.5 Å². The molecule has 2 aromatic heterocycles. The van der Waals surface area contributed by atoms with Crippen molar-refractivity contribution in [1.29, 1.82) is 0 Å². The van der Waals surface area contributed by atoms with Crippen LogP contribution < -0.4 is 5.56 Å². The summed E-state index contributed by atoms with van der Waals surface area (Å²) >= 11 is 1.52. The molecule has 0 radical (unpaired) electrons. The fourth-order valence-corrected chi connectivity index (χ4v) is 4.90. The second-order valence-corrected chi connectivity index (χ2v) is 8.19. The molecule has 2 heterocycles. The summed E-state index contributed by atoms with van der Waals surface area (Å²) in [6, 6.07) is 6.96. The highest BCUT2D eigenvalue weighted by Gasteiger charge is 2.26. The van der Waals surface area contributed by atoms with Gasteiger partial charge in [0, 0.05) is 4.88 Å². The zero-order valence-electron chi connectivity index (χ0n) is 15.1. The normalized spacial score (nSPS) is 14.9. The maximum absolute atomic E-state index is 13.1. The predicted molar refractivity (Wildman–Crippen MR) is 104 cm³/mol. The lowest BCUT2D eigenvalue weighted by atomic mass is 9.97. The number of aromatic nitrogens is 3. The number of thiophene rings is 1. The molecule has 0 aliphatic heterocycles. The van der Waals surface area contributed by atoms with E-state index in [-0.39, 0.29) is 5.56 Å². The number of aliphatic carboxylic acids is 1. The van der Waals surface area contributed by atoms with Crippen molar-refractivity contribution in [1.82, 2.24) is 15.0 Å². The average Bonchev–Trinajstić information content (AvgIpc) is 3.04. The SMILES string of the molecule is Cc1ccc(CCC(C(=O)O)n2nnc3sc4c(c3c2=O)CCCC4)cc1. The van der Waals surface area contributed by atoms with E-state index in [2.05, 4.69) is 10.3 Å². The van der Waals surface area contributed by atoms with Gasteiger partial charge < -0.3 is 5.11 Å². The third-order valence-electron chi connectivity index (χ3n) is 5.21. The highest BCUT2D eigenvalue weighted by atomic mass is 32.1. The van der Waals surface area contributed by atoms with Gasteiger partial charge in [0.2, 0.25) is 0 Å². The van der Waals surface area contributed by atoms with Crippen LogP contribution in [0.3, 0.4) is 0 Å². The molecule has 1 aliphatic rings. The van der Waals surface area contributed by atoms with Gasteiger partial charge in [-0.15, -0.1) is 16.4 Å². The maximum atomic E-state index is 13.1. The Morgan fingerprint density at radius 2 is 2.00 bits per heavy atom. The summed E-state index contributed by atoms with van der Waals surface area (Å²) in [4.78, 5) is 26.8. The van der Waals surface area contributed by atoms with E-state index < -0.39 is 12.0 Å². The van der Waals surface area contributed by atoms with Crippen molar-refractivity contribution in [3.05, 3.63) is 56.2 Å². The molecule has 6 nitrogen and oxygen atoms in total. The van der Waals surface area contributed by atoms with Gasteiger partial charge in [-0.05, 0) is 56.6 Å². The molecule has 0 saturated heterocycles. The highest BCUT2D eigenvalue weighted by Crippen LogP contribution is 2.33. The van der Waals surface area contributed by atoms with Gasteiger partial charge in [-0.1, -0.05) is 35.0 Å². The molecule has 140 valence electrons. The fraction of sp³-hybridized carbons (Fsp3) is 0.400. The van der Waals surface area contributed by atoms with E-state index in [0.717, 1.165) is 47.1 Å². The first-order valence-corrected chi connectivity index (χ1v) is 10.0. The standard InChI is InChI=1S/C20H21N3O3S/c1-12-6-8-13(9-7-12)10-11-15(20(25)26)23-19(24)17-14-4-2-3-5-16(14)27-18(17)21-22-23/h6-9,15H,2-5,10-11H2,1H3,(H,25,26). The van der Waals surface area contributed by atoms with Crippen LogP contribution in [0, 0.1) is 6.92 Å². The summed E-state index contributed by atoms with van der Waals surface area (Å²) in [6.07, 6.45) is 4.85. The maximum Gasteiger partial charge on any atom is 0.328 e. The van der Waals surface area contributed by atoms with Gasteiger partial charge in [0.15, 0.2) is 10.9 Å². The van der Waals surface area contributed by atoms with Gasteiger partial charge in [0.25, 0.3) is 5.56 Å². The van der Waals surface area contributed by atoms with E-state index in [9.17, 15) is 14.7 Å². The Morgan fingerprint density at radius 1 is 1.26 bits per heavy atom. The van der Waals surface area contributed by atoms with E-state index in [1.165, 1.54) is 16.2 Å². The first-order chi connectivity index (χ1) is 13.0. The molecule has 1 aromatic carbocycles. The van der Waals surface area contributed by atoms with Crippen molar-refractivity contribution in [3.8, 4) is 0 Å². The number of benzene rings is 1. The Kier molecular flexibility index (Phi) is 4.78. The van der Waals surface area contributed by atoms with E-state index in [1.54, 1.807) is 0 Å². The lowest BCUT2D eigenvalue weighted by Gasteiger charge is -2.14. The summed E-state index contributed by atoms with van der Waals surface area (Å²) in [5.41, 5.74) is 2.93. The van der Waals surface area contributed by atoms with Gasteiger partial charge >= 0.3 is 5.97 Å². The monoisotopic (exact) mass is 383 g/mol. The minimum absolute atomic E-state index is 0.296. The number of carboxylic acid groups (broad SMARTS) is 1. The molecule has 0 bridgehead atoms. The molecule has 27 heavy (non-hydrogen) atoms. The Morgan fingerprint density at radius 3 is 2.74 bits per heavy atom. The smallest absolute Gasteiger partial charge is 0.328 e.